The minimum Gasteiger partial charge on any atom is -0.378 e. The first-order chi connectivity index (χ1) is 9.98. The molecule has 1 fully saturated rings. The summed E-state index contributed by atoms with van der Waals surface area (Å²) in [5.41, 5.74) is 3.05. The Morgan fingerprint density at radius 3 is 2.86 bits per heavy atom. The molecule has 2 unspecified atom stereocenters. The SMILES string of the molecule is CCOC1CC(n2c(CCl)nc3cc(C)cnc32)C1(C)C. The van der Waals surface area contributed by atoms with Crippen molar-refractivity contribution < 1.29 is 4.74 Å². The Morgan fingerprint density at radius 1 is 1.48 bits per heavy atom. The number of rotatable bonds is 4. The Kier molecular flexibility index (Phi) is 3.70. The van der Waals surface area contributed by atoms with E-state index in [0.29, 0.717) is 18.0 Å². The Labute approximate surface area is 130 Å². The molecule has 3 rings (SSSR count). The van der Waals surface area contributed by atoms with E-state index in [2.05, 4.69) is 34.4 Å². The molecule has 2 aromatic rings. The predicted molar refractivity (Wildman–Crippen MR) is 84.7 cm³/mol. The highest BCUT2D eigenvalue weighted by Crippen LogP contribution is 2.52. The van der Waals surface area contributed by atoms with Crippen LogP contribution in [0.5, 0.6) is 0 Å². The van der Waals surface area contributed by atoms with E-state index in [0.717, 1.165) is 35.6 Å². The largest absolute Gasteiger partial charge is 0.378 e. The van der Waals surface area contributed by atoms with Gasteiger partial charge in [-0.2, -0.15) is 0 Å². The van der Waals surface area contributed by atoms with Crippen LogP contribution in [0.1, 0.15) is 44.6 Å². The molecule has 21 heavy (non-hydrogen) atoms. The van der Waals surface area contributed by atoms with E-state index in [1.807, 2.05) is 20.0 Å². The smallest absolute Gasteiger partial charge is 0.160 e. The molecule has 0 radical (unpaired) electrons. The van der Waals surface area contributed by atoms with Crippen molar-refractivity contribution >= 4 is 22.8 Å². The summed E-state index contributed by atoms with van der Waals surface area (Å²) in [6.07, 6.45) is 3.18. The van der Waals surface area contributed by atoms with Crippen molar-refractivity contribution in [3.63, 3.8) is 0 Å². The number of imidazole rings is 1. The molecule has 0 saturated heterocycles. The van der Waals surface area contributed by atoms with Crippen molar-refractivity contribution in [1.82, 2.24) is 14.5 Å². The third-order valence-electron chi connectivity index (χ3n) is 4.66. The summed E-state index contributed by atoms with van der Waals surface area (Å²) in [4.78, 5) is 9.25. The van der Waals surface area contributed by atoms with Crippen molar-refractivity contribution in [2.45, 2.75) is 52.1 Å². The van der Waals surface area contributed by atoms with Gasteiger partial charge in [0, 0.05) is 24.3 Å². The van der Waals surface area contributed by atoms with Crippen molar-refractivity contribution in [2.75, 3.05) is 6.61 Å². The first-order valence-corrected chi connectivity index (χ1v) is 8.03. The number of fused-ring (bicyclic) bond motifs is 1. The predicted octanol–water partition coefficient (Wildman–Crippen LogP) is 3.85. The lowest BCUT2D eigenvalue weighted by Gasteiger charge is -2.52. The molecular weight excluding hydrogens is 286 g/mol. The Morgan fingerprint density at radius 2 is 2.24 bits per heavy atom. The number of nitrogens with zero attached hydrogens (tertiary/aromatic N) is 3. The van der Waals surface area contributed by atoms with E-state index in [1.165, 1.54) is 0 Å². The van der Waals surface area contributed by atoms with Crippen molar-refractivity contribution in [1.29, 1.82) is 0 Å². The van der Waals surface area contributed by atoms with Crippen LogP contribution in [0.4, 0.5) is 0 Å². The van der Waals surface area contributed by atoms with Gasteiger partial charge in [0.2, 0.25) is 0 Å². The summed E-state index contributed by atoms with van der Waals surface area (Å²) in [5, 5.41) is 0. The lowest BCUT2D eigenvalue weighted by molar-refractivity contribution is -0.127. The first kappa shape index (κ1) is 14.8. The van der Waals surface area contributed by atoms with Gasteiger partial charge >= 0.3 is 0 Å². The van der Waals surface area contributed by atoms with Crippen molar-refractivity contribution in [3.05, 3.63) is 23.7 Å². The molecule has 1 aliphatic carbocycles. The lowest BCUT2D eigenvalue weighted by atomic mass is 9.64. The monoisotopic (exact) mass is 307 g/mol. The van der Waals surface area contributed by atoms with Gasteiger partial charge in [0.15, 0.2) is 5.65 Å². The van der Waals surface area contributed by atoms with Crippen LogP contribution < -0.4 is 0 Å². The molecule has 1 aliphatic rings. The van der Waals surface area contributed by atoms with Gasteiger partial charge in [-0.15, -0.1) is 11.6 Å². The van der Waals surface area contributed by atoms with Gasteiger partial charge in [0.1, 0.15) is 11.3 Å². The molecule has 2 atom stereocenters. The zero-order valence-electron chi connectivity index (χ0n) is 13.1. The fourth-order valence-corrected chi connectivity index (χ4v) is 3.53. The fraction of sp³-hybridized carbons (Fsp3) is 0.625. The molecular formula is C16H22ClN3O. The number of aromatic nitrogens is 3. The molecule has 0 aromatic carbocycles. The molecule has 0 N–H and O–H groups in total. The van der Waals surface area contributed by atoms with E-state index in [9.17, 15) is 0 Å². The third-order valence-corrected chi connectivity index (χ3v) is 4.90. The summed E-state index contributed by atoms with van der Waals surface area (Å²) in [7, 11) is 0. The standard InChI is InChI=1S/C16H22ClN3O/c1-5-21-13-7-12(16(13,3)4)20-14(8-17)19-11-6-10(2)9-18-15(11)20/h6,9,12-13H,5,7-8H2,1-4H3. The molecule has 0 aliphatic heterocycles. The number of hydrogen-bond donors (Lipinski definition) is 0. The van der Waals surface area contributed by atoms with E-state index < -0.39 is 0 Å². The summed E-state index contributed by atoms with van der Waals surface area (Å²) >= 11 is 6.12. The van der Waals surface area contributed by atoms with E-state index in [1.54, 1.807) is 0 Å². The number of alkyl halides is 1. The topological polar surface area (TPSA) is 39.9 Å². The van der Waals surface area contributed by atoms with E-state index in [-0.39, 0.29) is 5.41 Å². The average molecular weight is 308 g/mol. The lowest BCUT2D eigenvalue weighted by Crippen LogP contribution is -2.51. The summed E-state index contributed by atoms with van der Waals surface area (Å²) in [6, 6.07) is 2.41. The quantitative estimate of drug-likeness (QED) is 0.805. The maximum atomic E-state index is 6.12. The molecule has 2 heterocycles. The van der Waals surface area contributed by atoms with Crippen LogP contribution in [0.2, 0.25) is 0 Å². The summed E-state index contributed by atoms with van der Waals surface area (Å²) in [6.45, 7) is 9.33. The van der Waals surface area contributed by atoms with Gasteiger partial charge in [-0.25, -0.2) is 9.97 Å². The minimum atomic E-state index is 0.0665. The van der Waals surface area contributed by atoms with Crippen LogP contribution in [0.15, 0.2) is 12.3 Å². The van der Waals surface area contributed by atoms with Gasteiger partial charge in [-0.05, 0) is 31.9 Å². The highest BCUT2D eigenvalue weighted by atomic mass is 35.5. The zero-order chi connectivity index (χ0) is 15.2. The molecule has 2 aromatic heterocycles. The van der Waals surface area contributed by atoms with Crippen molar-refractivity contribution in [2.24, 2.45) is 5.41 Å². The number of aryl methyl sites for hydroxylation is 1. The normalized spacial score (nSPS) is 24.2. The molecule has 5 heteroatoms. The van der Waals surface area contributed by atoms with Crippen LogP contribution >= 0.6 is 11.6 Å². The van der Waals surface area contributed by atoms with Gasteiger partial charge in [-0.1, -0.05) is 13.8 Å². The number of ether oxygens (including phenoxy) is 1. The Balaban J connectivity index is 2.05. The number of halogens is 1. The second-order valence-electron chi connectivity index (χ2n) is 6.40. The minimum absolute atomic E-state index is 0.0665. The molecule has 0 spiro atoms. The molecule has 114 valence electrons. The fourth-order valence-electron chi connectivity index (χ4n) is 3.34. The van der Waals surface area contributed by atoms with Crippen LogP contribution in [0.25, 0.3) is 11.2 Å². The van der Waals surface area contributed by atoms with Crippen LogP contribution in [-0.4, -0.2) is 27.2 Å². The second-order valence-corrected chi connectivity index (χ2v) is 6.67. The maximum Gasteiger partial charge on any atom is 0.160 e. The molecule has 0 bridgehead atoms. The third kappa shape index (κ3) is 2.25. The first-order valence-electron chi connectivity index (χ1n) is 7.50. The number of hydrogen-bond acceptors (Lipinski definition) is 3. The molecule has 1 saturated carbocycles. The van der Waals surface area contributed by atoms with Crippen LogP contribution in [-0.2, 0) is 10.6 Å². The van der Waals surface area contributed by atoms with Gasteiger partial charge in [0.25, 0.3) is 0 Å². The van der Waals surface area contributed by atoms with E-state index in [4.69, 9.17) is 16.3 Å². The Bertz CT molecular complexity index is 665. The van der Waals surface area contributed by atoms with Crippen LogP contribution in [0.3, 0.4) is 0 Å². The summed E-state index contributed by atoms with van der Waals surface area (Å²) in [5.74, 6) is 1.30. The van der Waals surface area contributed by atoms with Gasteiger partial charge in [-0.3, -0.25) is 0 Å². The van der Waals surface area contributed by atoms with Crippen molar-refractivity contribution in [3.8, 4) is 0 Å². The van der Waals surface area contributed by atoms with Gasteiger partial charge in [0.05, 0.1) is 12.0 Å². The second kappa shape index (κ2) is 5.25. The molecule has 4 nitrogen and oxygen atoms in total. The highest BCUT2D eigenvalue weighted by molar-refractivity contribution is 6.16. The molecule has 0 amide bonds. The Hall–Kier alpha value is -1.13. The highest BCUT2D eigenvalue weighted by Gasteiger charge is 2.51. The average Bonchev–Trinajstić information content (AvgIpc) is 2.80. The zero-order valence-corrected chi connectivity index (χ0v) is 13.8. The van der Waals surface area contributed by atoms with Gasteiger partial charge < -0.3 is 9.30 Å². The van der Waals surface area contributed by atoms with Crippen LogP contribution in [0, 0.1) is 12.3 Å². The maximum absolute atomic E-state index is 6.12. The number of pyridine rings is 1. The summed E-state index contributed by atoms with van der Waals surface area (Å²) < 4.78 is 8.06. The van der Waals surface area contributed by atoms with E-state index >= 15 is 0 Å².